The van der Waals surface area contributed by atoms with Crippen molar-refractivity contribution >= 4 is 0 Å². The number of nitrogens with one attached hydrogen (secondary N) is 1. The summed E-state index contributed by atoms with van der Waals surface area (Å²) >= 11 is 0. The Morgan fingerprint density at radius 2 is 1.86 bits per heavy atom. The smallest absolute Gasteiger partial charge is 0.296 e. The minimum Gasteiger partial charge on any atom is -0.296 e. The Morgan fingerprint density at radius 1 is 1.14 bits per heavy atom. The van der Waals surface area contributed by atoms with Gasteiger partial charge in [0.05, 0.1) is 0 Å². The quantitative estimate of drug-likeness (QED) is 0.525. The summed E-state index contributed by atoms with van der Waals surface area (Å²) in [6.45, 7) is 0.143. The molecule has 0 aromatic rings. The topological polar surface area (TPSA) is 15.3 Å². The van der Waals surface area contributed by atoms with Crippen LogP contribution in [0.3, 0.4) is 0 Å². The van der Waals surface area contributed by atoms with Crippen molar-refractivity contribution in [3.05, 3.63) is 0 Å². The highest BCUT2D eigenvalue weighted by Crippen LogP contribution is 2.40. The van der Waals surface area contributed by atoms with E-state index < -0.39 is 18.1 Å². The Balaban J connectivity index is 2.15. The van der Waals surface area contributed by atoms with Gasteiger partial charge in [0.2, 0.25) is 0 Å². The van der Waals surface area contributed by atoms with Crippen LogP contribution in [0.25, 0.3) is 0 Å². The molecule has 0 saturated carbocycles. The minimum atomic E-state index is -3.08. The Hall–Kier alpha value is -0.360. The van der Waals surface area contributed by atoms with Crippen molar-refractivity contribution in [3.8, 4) is 0 Å². The third-order valence-electron chi connectivity index (χ3n) is 2.80. The van der Waals surface area contributed by atoms with Gasteiger partial charge in [-0.3, -0.25) is 5.32 Å². The monoisotopic (exact) mass is 212 g/mol. The van der Waals surface area contributed by atoms with Crippen LogP contribution in [0, 0.1) is 0 Å². The van der Waals surface area contributed by atoms with Crippen LogP contribution in [-0.2, 0) is 0 Å². The first-order valence-electron chi connectivity index (χ1n) is 4.69. The first-order chi connectivity index (χ1) is 6.43. The lowest BCUT2D eigenvalue weighted by molar-refractivity contribution is -0.182. The molecule has 6 heteroatoms. The van der Waals surface area contributed by atoms with Crippen LogP contribution in [0.5, 0.6) is 0 Å². The maximum Gasteiger partial charge on any atom is 0.306 e. The van der Waals surface area contributed by atoms with Crippen molar-refractivity contribution < 1.29 is 17.6 Å². The molecule has 2 nitrogen and oxygen atoms in total. The lowest BCUT2D eigenvalue weighted by atomic mass is 10.2. The molecular formula is C8H12F4N2. The second-order valence-corrected chi connectivity index (χ2v) is 3.83. The molecule has 2 rings (SSSR count). The summed E-state index contributed by atoms with van der Waals surface area (Å²) in [6.07, 6.45) is -1.88. The first-order valence-corrected chi connectivity index (χ1v) is 4.69. The van der Waals surface area contributed by atoms with E-state index in [1.165, 1.54) is 0 Å². The number of nitrogens with zero attached hydrogens (tertiary/aromatic N) is 1. The number of alkyl halides is 4. The Labute approximate surface area is 79.3 Å². The average Bonchev–Trinajstić information content (AvgIpc) is 2.53. The van der Waals surface area contributed by atoms with Gasteiger partial charge in [-0.1, -0.05) is 0 Å². The molecule has 0 amide bonds. The summed E-state index contributed by atoms with van der Waals surface area (Å²) in [5, 5.41) is 2.44. The lowest BCUT2D eigenvalue weighted by Crippen LogP contribution is -2.55. The summed E-state index contributed by atoms with van der Waals surface area (Å²) in [7, 11) is 0. The maximum absolute atomic E-state index is 13.2. The fraction of sp³-hybridized carbons (Fsp3) is 1.00. The first kappa shape index (κ1) is 10.2. The number of hydrogen-bond acceptors (Lipinski definition) is 2. The van der Waals surface area contributed by atoms with Crippen LogP contribution in [0.4, 0.5) is 17.6 Å². The zero-order valence-corrected chi connectivity index (χ0v) is 7.57. The molecular weight excluding hydrogens is 200 g/mol. The number of halogens is 4. The van der Waals surface area contributed by atoms with E-state index in [1.54, 1.807) is 0 Å². The molecule has 2 heterocycles. The van der Waals surface area contributed by atoms with Gasteiger partial charge in [-0.15, -0.1) is 0 Å². The molecule has 2 aliphatic rings. The molecule has 2 fully saturated rings. The SMILES string of the molecule is FC1(F)CCNC1N1CCCC1(F)F. The van der Waals surface area contributed by atoms with Crippen LogP contribution < -0.4 is 5.32 Å². The normalized spacial score (nSPS) is 36.4. The highest BCUT2D eigenvalue weighted by molar-refractivity contribution is 4.95. The van der Waals surface area contributed by atoms with Gasteiger partial charge < -0.3 is 0 Å². The maximum atomic E-state index is 13.2. The standard InChI is InChI=1S/C8H12F4N2/c9-7(10)3-4-13-6(7)14-5-1-2-8(14,11)12/h6,13H,1-5H2. The third kappa shape index (κ3) is 1.50. The molecule has 1 unspecified atom stereocenters. The van der Waals surface area contributed by atoms with Crippen molar-refractivity contribution in [1.29, 1.82) is 0 Å². The van der Waals surface area contributed by atoms with E-state index in [2.05, 4.69) is 5.32 Å². The van der Waals surface area contributed by atoms with Crippen molar-refractivity contribution in [1.82, 2.24) is 10.2 Å². The summed E-state index contributed by atoms with van der Waals surface area (Å²) in [6, 6.07) is -3.08. The molecule has 2 saturated heterocycles. The minimum absolute atomic E-state index is 0.0419. The van der Waals surface area contributed by atoms with E-state index in [0.717, 1.165) is 0 Å². The highest BCUT2D eigenvalue weighted by atomic mass is 19.3. The lowest BCUT2D eigenvalue weighted by Gasteiger charge is -2.32. The summed E-state index contributed by atoms with van der Waals surface area (Å²) in [5.41, 5.74) is 0. The van der Waals surface area contributed by atoms with Crippen molar-refractivity contribution in [2.45, 2.75) is 37.4 Å². The number of likely N-dealkylation sites (tertiary alicyclic amines) is 1. The average molecular weight is 212 g/mol. The molecule has 0 aliphatic carbocycles. The zero-order valence-electron chi connectivity index (χ0n) is 7.57. The van der Waals surface area contributed by atoms with Gasteiger partial charge in [-0.2, -0.15) is 8.78 Å². The fourth-order valence-electron chi connectivity index (χ4n) is 2.09. The Bertz CT molecular complexity index is 207. The molecule has 2 aliphatic heterocycles. The second kappa shape index (κ2) is 3.06. The summed E-state index contributed by atoms with van der Waals surface area (Å²) in [4.78, 5) is 0.597. The van der Waals surface area contributed by atoms with Gasteiger partial charge in [-0.25, -0.2) is 13.7 Å². The van der Waals surface area contributed by atoms with E-state index >= 15 is 0 Å². The number of hydrogen-bond donors (Lipinski definition) is 1. The number of rotatable bonds is 1. The van der Waals surface area contributed by atoms with E-state index in [4.69, 9.17) is 0 Å². The largest absolute Gasteiger partial charge is 0.306 e. The molecule has 0 spiro atoms. The third-order valence-corrected chi connectivity index (χ3v) is 2.80. The zero-order chi connectivity index (χ0) is 10.4. The molecule has 0 aromatic heterocycles. The van der Waals surface area contributed by atoms with Gasteiger partial charge in [0.25, 0.3) is 5.92 Å². The van der Waals surface area contributed by atoms with Crippen molar-refractivity contribution in [2.24, 2.45) is 0 Å². The summed E-state index contributed by atoms with van der Waals surface area (Å²) < 4.78 is 52.6. The van der Waals surface area contributed by atoms with Gasteiger partial charge in [0.1, 0.15) is 6.17 Å². The predicted octanol–water partition coefficient (Wildman–Crippen LogP) is 1.63. The van der Waals surface area contributed by atoms with Crippen molar-refractivity contribution in [3.63, 3.8) is 0 Å². The van der Waals surface area contributed by atoms with Gasteiger partial charge in [-0.05, 0) is 6.42 Å². The van der Waals surface area contributed by atoms with E-state index in [-0.39, 0.29) is 32.4 Å². The molecule has 82 valence electrons. The van der Waals surface area contributed by atoms with Crippen LogP contribution in [0.2, 0.25) is 0 Å². The Morgan fingerprint density at radius 3 is 2.29 bits per heavy atom. The molecule has 1 atom stereocenters. The molecule has 1 N–H and O–H groups in total. The second-order valence-electron chi connectivity index (χ2n) is 3.83. The van der Waals surface area contributed by atoms with E-state index in [1.807, 2.05) is 0 Å². The summed E-state index contributed by atoms with van der Waals surface area (Å²) in [5.74, 6) is -3.03. The molecule has 0 bridgehead atoms. The van der Waals surface area contributed by atoms with Gasteiger partial charge >= 0.3 is 6.05 Å². The van der Waals surface area contributed by atoms with Crippen molar-refractivity contribution in [2.75, 3.05) is 13.1 Å². The molecule has 0 aromatic carbocycles. The van der Waals surface area contributed by atoms with Crippen LogP contribution in [-0.4, -0.2) is 36.1 Å². The van der Waals surface area contributed by atoms with Gasteiger partial charge in [0, 0.05) is 25.9 Å². The predicted molar refractivity (Wildman–Crippen MR) is 42.2 cm³/mol. The van der Waals surface area contributed by atoms with Crippen LogP contribution in [0.15, 0.2) is 0 Å². The van der Waals surface area contributed by atoms with Gasteiger partial charge in [0.15, 0.2) is 0 Å². The van der Waals surface area contributed by atoms with E-state index in [0.29, 0.717) is 4.90 Å². The van der Waals surface area contributed by atoms with Crippen LogP contribution >= 0.6 is 0 Å². The molecule has 0 radical (unpaired) electrons. The Kier molecular flexibility index (Phi) is 2.23. The van der Waals surface area contributed by atoms with Crippen LogP contribution in [0.1, 0.15) is 19.3 Å². The fourth-order valence-corrected chi connectivity index (χ4v) is 2.09. The highest BCUT2D eigenvalue weighted by Gasteiger charge is 2.55. The van der Waals surface area contributed by atoms with E-state index in [9.17, 15) is 17.6 Å². The molecule has 14 heavy (non-hydrogen) atoms.